The van der Waals surface area contributed by atoms with Crippen molar-refractivity contribution < 1.29 is 4.39 Å². The molecule has 3 rings (SSSR count). The molecule has 1 saturated carbocycles. The van der Waals surface area contributed by atoms with Crippen LogP contribution < -0.4 is 0 Å². The monoisotopic (exact) mass is 406 g/mol. The van der Waals surface area contributed by atoms with E-state index < -0.39 is 0 Å². The fourth-order valence-corrected chi connectivity index (χ4v) is 3.53. The predicted octanol–water partition coefficient (Wildman–Crippen LogP) is 5.22. The topological polar surface area (TPSA) is 17.8 Å². The average molecular weight is 407 g/mol. The summed E-state index contributed by atoms with van der Waals surface area (Å²) in [4.78, 5) is 4.65. The van der Waals surface area contributed by atoms with Crippen LogP contribution in [0.15, 0.2) is 12.1 Å². The molecule has 1 aliphatic rings. The van der Waals surface area contributed by atoms with Crippen LogP contribution in [0.2, 0.25) is 0 Å². The first-order chi connectivity index (χ1) is 9.32. The third-order valence-corrected chi connectivity index (χ3v) is 5.25. The van der Waals surface area contributed by atoms with E-state index in [0.29, 0.717) is 9.49 Å². The van der Waals surface area contributed by atoms with Crippen molar-refractivity contribution >= 4 is 45.2 Å². The lowest BCUT2D eigenvalue weighted by atomic mass is 9.97. The smallest absolute Gasteiger partial charge is 0.138 e. The molecule has 0 amide bonds. The lowest BCUT2D eigenvalue weighted by molar-refractivity contribution is 0.304. The van der Waals surface area contributed by atoms with E-state index in [1.54, 1.807) is 12.1 Å². The van der Waals surface area contributed by atoms with Crippen molar-refractivity contribution in [2.75, 3.05) is 0 Å². The Labute approximate surface area is 136 Å². The number of hydrogen-bond donors (Lipinski definition) is 0. The molecule has 1 aromatic heterocycles. The van der Waals surface area contributed by atoms with Crippen molar-refractivity contribution in [3.8, 4) is 0 Å². The molecule has 5 heteroatoms. The number of alkyl halides is 1. The van der Waals surface area contributed by atoms with Gasteiger partial charge in [0, 0.05) is 11.6 Å². The van der Waals surface area contributed by atoms with Crippen molar-refractivity contribution in [2.45, 2.75) is 44.5 Å². The molecule has 0 spiro atoms. The van der Waals surface area contributed by atoms with Crippen LogP contribution >= 0.6 is 34.2 Å². The Bertz CT molecular complexity index is 674. The fraction of sp³-hybridized carbons (Fsp3) is 0.533. The molecule has 1 aromatic carbocycles. The third-order valence-electron chi connectivity index (χ3n) is 4.23. The van der Waals surface area contributed by atoms with Crippen LogP contribution in [0.5, 0.6) is 0 Å². The molecule has 20 heavy (non-hydrogen) atoms. The number of fused-ring (bicyclic) bond motifs is 1. The molecule has 1 atom stereocenters. The summed E-state index contributed by atoms with van der Waals surface area (Å²) < 4.78 is 16.7. The van der Waals surface area contributed by atoms with Crippen molar-refractivity contribution in [2.24, 2.45) is 5.92 Å². The summed E-state index contributed by atoms with van der Waals surface area (Å²) in [6, 6.07) is 3.39. The minimum Gasteiger partial charge on any atom is -0.321 e. The van der Waals surface area contributed by atoms with Crippen LogP contribution in [0.25, 0.3) is 11.0 Å². The molecule has 2 nitrogen and oxygen atoms in total. The van der Waals surface area contributed by atoms with Crippen molar-refractivity contribution in [3.05, 3.63) is 27.3 Å². The first-order valence-electron chi connectivity index (χ1n) is 6.84. The highest BCUT2D eigenvalue weighted by molar-refractivity contribution is 14.1. The highest BCUT2D eigenvalue weighted by Crippen LogP contribution is 2.46. The van der Waals surface area contributed by atoms with Gasteiger partial charge in [0.25, 0.3) is 0 Å². The van der Waals surface area contributed by atoms with Gasteiger partial charge in [-0.25, -0.2) is 9.37 Å². The maximum Gasteiger partial charge on any atom is 0.138 e. The van der Waals surface area contributed by atoms with Crippen molar-refractivity contribution in [1.29, 1.82) is 0 Å². The van der Waals surface area contributed by atoms with E-state index in [9.17, 15) is 4.39 Å². The van der Waals surface area contributed by atoms with Gasteiger partial charge in [-0.1, -0.05) is 0 Å². The number of nitrogens with zero attached hydrogens (tertiary/aromatic N) is 2. The molecule has 0 N–H and O–H groups in total. The Balaban J connectivity index is 2.31. The Morgan fingerprint density at radius 3 is 2.65 bits per heavy atom. The van der Waals surface area contributed by atoms with Crippen LogP contribution in [-0.2, 0) is 5.54 Å². The molecule has 0 saturated heterocycles. The minimum atomic E-state index is -0.195. The largest absolute Gasteiger partial charge is 0.321 e. The molecule has 0 radical (unpaired) electrons. The molecular formula is C15H17ClFIN2. The maximum atomic E-state index is 14.0. The second-order valence-corrected chi connectivity index (χ2v) is 7.92. The van der Waals surface area contributed by atoms with Gasteiger partial charge in [-0.2, -0.15) is 0 Å². The molecular weight excluding hydrogens is 390 g/mol. The van der Waals surface area contributed by atoms with Crippen molar-refractivity contribution in [3.63, 3.8) is 0 Å². The Hall–Kier alpha value is -0.360. The van der Waals surface area contributed by atoms with Crippen LogP contribution in [0.1, 0.15) is 44.8 Å². The number of benzene rings is 1. The van der Waals surface area contributed by atoms with Gasteiger partial charge in [0.2, 0.25) is 0 Å². The summed E-state index contributed by atoms with van der Waals surface area (Å²) >= 11 is 8.31. The first-order valence-corrected chi connectivity index (χ1v) is 8.36. The Morgan fingerprint density at radius 2 is 2.10 bits per heavy atom. The summed E-state index contributed by atoms with van der Waals surface area (Å²) in [5.74, 6) is 1.26. The Morgan fingerprint density at radius 1 is 1.45 bits per heavy atom. The summed E-state index contributed by atoms with van der Waals surface area (Å²) in [6.45, 7) is 6.32. The van der Waals surface area contributed by atoms with Gasteiger partial charge >= 0.3 is 0 Å². The van der Waals surface area contributed by atoms with E-state index in [2.05, 4.69) is 23.4 Å². The quantitative estimate of drug-likeness (QED) is 0.504. The summed E-state index contributed by atoms with van der Waals surface area (Å²) in [5, 5.41) is -0.193. The van der Waals surface area contributed by atoms with Gasteiger partial charge < -0.3 is 4.57 Å². The molecule has 0 bridgehead atoms. The van der Waals surface area contributed by atoms with E-state index >= 15 is 0 Å². The van der Waals surface area contributed by atoms with Gasteiger partial charge in [0.1, 0.15) is 11.6 Å². The second kappa shape index (κ2) is 4.83. The third kappa shape index (κ3) is 2.25. The molecule has 1 aliphatic carbocycles. The lowest BCUT2D eigenvalue weighted by Gasteiger charge is -2.30. The van der Waals surface area contributed by atoms with Gasteiger partial charge in [0.15, 0.2) is 0 Å². The highest BCUT2D eigenvalue weighted by Gasteiger charge is 2.41. The fourth-order valence-electron chi connectivity index (χ4n) is 2.94. The van der Waals surface area contributed by atoms with Gasteiger partial charge in [-0.05, 0) is 68.2 Å². The molecule has 1 unspecified atom stereocenters. The number of hydrogen-bond acceptors (Lipinski definition) is 1. The van der Waals surface area contributed by atoms with Gasteiger partial charge in [-0.15, -0.1) is 11.6 Å². The van der Waals surface area contributed by atoms with E-state index in [-0.39, 0.29) is 16.7 Å². The average Bonchev–Trinajstić information content (AvgIpc) is 3.13. The molecule has 0 aliphatic heterocycles. The molecule has 108 valence electrons. The van der Waals surface area contributed by atoms with Crippen LogP contribution in [0.3, 0.4) is 0 Å². The van der Waals surface area contributed by atoms with E-state index in [1.165, 1.54) is 12.8 Å². The molecule has 1 heterocycles. The van der Waals surface area contributed by atoms with E-state index in [0.717, 1.165) is 16.9 Å². The van der Waals surface area contributed by atoms with E-state index in [4.69, 9.17) is 11.6 Å². The first kappa shape index (κ1) is 14.6. The minimum absolute atomic E-state index is 0.0769. The maximum absolute atomic E-state index is 14.0. The lowest BCUT2D eigenvalue weighted by Crippen LogP contribution is -2.30. The number of aromatic nitrogens is 2. The zero-order valence-electron chi connectivity index (χ0n) is 11.8. The van der Waals surface area contributed by atoms with Crippen LogP contribution in [-0.4, -0.2) is 9.55 Å². The second-order valence-electron chi connectivity index (χ2n) is 6.10. The summed E-state index contributed by atoms with van der Waals surface area (Å²) in [6.07, 6.45) is 2.44. The van der Waals surface area contributed by atoms with Gasteiger partial charge in [0.05, 0.1) is 20.0 Å². The zero-order chi connectivity index (χ0) is 14.7. The summed E-state index contributed by atoms with van der Waals surface area (Å²) in [7, 11) is 0. The number of halogens is 3. The SMILES string of the molecule is CC(Cl)c1nc2cc(I)c(F)cc2n1C(C)(C)C1CC1. The number of imidazole rings is 1. The predicted molar refractivity (Wildman–Crippen MR) is 88.7 cm³/mol. The standard InChI is InChI=1S/C15H17ClFIN2/c1-8(16)14-19-12-7-11(18)10(17)6-13(12)20(14)15(2,3)9-4-5-9/h6-9H,4-5H2,1-3H3. The molecule has 1 fully saturated rings. The van der Waals surface area contributed by atoms with Crippen LogP contribution in [0, 0.1) is 15.3 Å². The Kier molecular flexibility index (Phi) is 3.52. The van der Waals surface area contributed by atoms with Crippen molar-refractivity contribution in [1.82, 2.24) is 9.55 Å². The molecule has 2 aromatic rings. The normalized spacial score (nSPS) is 17.7. The van der Waals surface area contributed by atoms with Crippen LogP contribution in [0.4, 0.5) is 4.39 Å². The zero-order valence-corrected chi connectivity index (χ0v) is 14.7. The number of rotatable bonds is 3. The summed E-state index contributed by atoms with van der Waals surface area (Å²) in [5.41, 5.74) is 1.60. The van der Waals surface area contributed by atoms with E-state index in [1.807, 2.05) is 29.5 Å². The van der Waals surface area contributed by atoms with Gasteiger partial charge in [-0.3, -0.25) is 0 Å². The highest BCUT2D eigenvalue weighted by atomic mass is 127.